The molecule has 2 atom stereocenters. The predicted octanol–water partition coefficient (Wildman–Crippen LogP) is -0.127. The second-order valence-corrected chi connectivity index (χ2v) is 11.3. The first-order chi connectivity index (χ1) is 21.0. The van der Waals surface area contributed by atoms with Gasteiger partial charge in [-0.25, -0.2) is 0 Å². The summed E-state index contributed by atoms with van der Waals surface area (Å²) in [6, 6.07) is 6.76. The number of aliphatic hydroxyl groups excluding tert-OH is 4. The number of carbonyl (C=O) groups is 2. The van der Waals surface area contributed by atoms with Gasteiger partial charge in [0.2, 0.25) is 0 Å². The summed E-state index contributed by atoms with van der Waals surface area (Å²) in [6.45, 7) is 7.78. The van der Waals surface area contributed by atoms with E-state index in [1.54, 1.807) is 12.1 Å². The molecule has 13 nitrogen and oxygen atoms in total. The third kappa shape index (κ3) is 10.4. The fourth-order valence-corrected chi connectivity index (χ4v) is 5.36. The van der Waals surface area contributed by atoms with Crippen LogP contribution in [0.4, 0.5) is 0 Å². The van der Waals surface area contributed by atoms with Crippen molar-refractivity contribution in [2.24, 2.45) is 0 Å². The van der Waals surface area contributed by atoms with Gasteiger partial charge in [0.15, 0.2) is 0 Å². The number of nitrogens with one attached hydrogen (secondary N) is 3. The van der Waals surface area contributed by atoms with Crippen molar-refractivity contribution in [1.29, 1.82) is 0 Å². The monoisotopic (exact) mass is 617 g/mol. The lowest BCUT2D eigenvalue weighted by Gasteiger charge is -2.28. The Morgan fingerprint density at radius 1 is 0.727 bits per heavy atom. The molecule has 1 fully saturated rings. The highest BCUT2D eigenvalue weighted by atomic mass is 16.3. The van der Waals surface area contributed by atoms with Gasteiger partial charge in [-0.1, -0.05) is 12.1 Å². The van der Waals surface area contributed by atoms with Crippen molar-refractivity contribution in [2.75, 3.05) is 52.5 Å². The molecule has 2 aromatic rings. The molecule has 44 heavy (non-hydrogen) atoms. The highest BCUT2D eigenvalue weighted by molar-refractivity contribution is 5.98. The second-order valence-electron chi connectivity index (χ2n) is 11.3. The fourth-order valence-electron chi connectivity index (χ4n) is 5.36. The molecule has 0 bridgehead atoms. The molecule has 1 heterocycles. The van der Waals surface area contributed by atoms with Crippen molar-refractivity contribution in [3.05, 3.63) is 57.6 Å². The average molecular weight is 618 g/mol. The van der Waals surface area contributed by atoms with Crippen LogP contribution in [0.3, 0.4) is 0 Å². The maximum Gasteiger partial charge on any atom is 0.257 e. The number of benzene rings is 2. The number of hydrogen-bond acceptors (Lipinski definition) is 11. The van der Waals surface area contributed by atoms with Crippen LogP contribution in [0.1, 0.15) is 62.2 Å². The summed E-state index contributed by atoms with van der Waals surface area (Å²) in [7, 11) is 0. The van der Waals surface area contributed by atoms with E-state index >= 15 is 0 Å². The van der Waals surface area contributed by atoms with Crippen LogP contribution in [0, 0.1) is 13.8 Å². The molecule has 9 N–H and O–H groups in total. The first-order valence-electron chi connectivity index (χ1n) is 15.0. The van der Waals surface area contributed by atoms with Gasteiger partial charge in [0.25, 0.3) is 11.8 Å². The molecule has 2 amide bonds. The zero-order valence-corrected chi connectivity index (χ0v) is 25.6. The molecule has 0 spiro atoms. The molecular weight excluding hydrogens is 570 g/mol. The van der Waals surface area contributed by atoms with Crippen LogP contribution in [0.15, 0.2) is 24.3 Å². The number of aryl methyl sites for hydroxylation is 2. The predicted molar refractivity (Wildman–Crippen MR) is 164 cm³/mol. The van der Waals surface area contributed by atoms with E-state index in [0.717, 1.165) is 56.6 Å². The first-order valence-corrected chi connectivity index (χ1v) is 15.0. The number of aliphatic hydroxyl groups is 4. The van der Waals surface area contributed by atoms with E-state index in [0.29, 0.717) is 37.3 Å². The van der Waals surface area contributed by atoms with Crippen LogP contribution >= 0.6 is 0 Å². The second kappa shape index (κ2) is 17.3. The van der Waals surface area contributed by atoms with Crippen LogP contribution in [0.25, 0.3) is 0 Å². The largest absolute Gasteiger partial charge is 0.507 e. The van der Waals surface area contributed by atoms with Crippen molar-refractivity contribution >= 4 is 11.8 Å². The Bertz CT molecular complexity index is 1170. The third-order valence-electron chi connectivity index (χ3n) is 7.49. The Kier molecular flexibility index (Phi) is 13.8. The molecule has 0 aromatic heterocycles. The average Bonchev–Trinajstić information content (AvgIpc) is 2.98. The Balaban J connectivity index is 1.74. The smallest absolute Gasteiger partial charge is 0.257 e. The molecular formula is C31H47N5O8. The van der Waals surface area contributed by atoms with Gasteiger partial charge in [-0.2, -0.15) is 0 Å². The maximum atomic E-state index is 12.6. The minimum Gasteiger partial charge on any atom is -0.507 e. The lowest BCUT2D eigenvalue weighted by atomic mass is 10.0. The molecule has 3 rings (SSSR count). The van der Waals surface area contributed by atoms with Gasteiger partial charge in [0, 0.05) is 24.2 Å². The molecule has 1 saturated heterocycles. The quantitative estimate of drug-likeness (QED) is 0.161. The summed E-state index contributed by atoms with van der Waals surface area (Å²) in [4.78, 5) is 29.7. The molecule has 244 valence electrons. The summed E-state index contributed by atoms with van der Waals surface area (Å²) >= 11 is 0. The summed E-state index contributed by atoms with van der Waals surface area (Å²) < 4.78 is 0. The molecule has 2 aromatic carbocycles. The minimum atomic E-state index is -1.43. The third-order valence-corrected chi connectivity index (χ3v) is 7.49. The van der Waals surface area contributed by atoms with Crippen LogP contribution in [0.2, 0.25) is 0 Å². The zero-order chi connectivity index (χ0) is 32.2. The van der Waals surface area contributed by atoms with Crippen molar-refractivity contribution in [3.8, 4) is 11.5 Å². The molecule has 2 unspecified atom stereocenters. The van der Waals surface area contributed by atoms with Crippen molar-refractivity contribution < 1.29 is 40.2 Å². The van der Waals surface area contributed by atoms with Crippen LogP contribution in [0.5, 0.6) is 11.5 Å². The van der Waals surface area contributed by atoms with Gasteiger partial charge in [-0.15, -0.1) is 0 Å². The Morgan fingerprint density at radius 3 is 1.50 bits per heavy atom. The molecule has 13 heteroatoms. The number of amides is 2. The summed E-state index contributed by atoms with van der Waals surface area (Å²) in [5.41, 5.74) is 2.80. The number of carbonyl (C=O) groups excluding carboxylic acids is 2. The van der Waals surface area contributed by atoms with Crippen LogP contribution in [-0.2, 0) is 13.1 Å². The van der Waals surface area contributed by atoms with E-state index in [1.165, 1.54) is 0 Å². The Hall–Kier alpha value is -3.30. The molecule has 0 radical (unpaired) electrons. The van der Waals surface area contributed by atoms with Crippen LogP contribution < -0.4 is 16.0 Å². The van der Waals surface area contributed by atoms with E-state index < -0.39 is 37.5 Å². The van der Waals surface area contributed by atoms with Crippen molar-refractivity contribution in [2.45, 2.75) is 58.7 Å². The normalized spacial score (nSPS) is 17.2. The number of nitrogens with zero attached hydrogens (tertiary/aromatic N) is 2. The van der Waals surface area contributed by atoms with E-state index in [9.17, 15) is 30.0 Å². The highest BCUT2D eigenvalue weighted by Crippen LogP contribution is 2.28. The van der Waals surface area contributed by atoms with Gasteiger partial charge in [-0.3, -0.25) is 19.4 Å². The van der Waals surface area contributed by atoms with E-state index in [2.05, 4.69) is 25.8 Å². The summed E-state index contributed by atoms with van der Waals surface area (Å²) in [5.74, 6) is -1.67. The fraction of sp³-hybridized carbons (Fsp3) is 0.548. The Morgan fingerprint density at radius 2 is 1.11 bits per heavy atom. The van der Waals surface area contributed by atoms with Crippen molar-refractivity contribution in [1.82, 2.24) is 25.8 Å². The maximum absolute atomic E-state index is 12.6. The molecule has 1 aliphatic rings. The minimum absolute atomic E-state index is 0.0339. The summed E-state index contributed by atoms with van der Waals surface area (Å²) in [5, 5.41) is 67.3. The van der Waals surface area contributed by atoms with Gasteiger partial charge in [0.05, 0.1) is 24.3 Å². The first kappa shape index (κ1) is 35.2. The number of phenols is 2. The van der Waals surface area contributed by atoms with E-state index in [1.807, 2.05) is 26.0 Å². The van der Waals surface area contributed by atoms with Gasteiger partial charge >= 0.3 is 0 Å². The molecule has 1 aliphatic heterocycles. The van der Waals surface area contributed by atoms with Gasteiger partial charge in [-0.05, 0) is 95.6 Å². The topological polar surface area (TPSA) is 198 Å². The SMILES string of the molecule is Cc1cc(CN2CCCNCCCN(Cc3cc(C)cc(C(=O)NC(O)CO)c3O)CCC2)c(O)c(C(=O)NC(O)CO)c1. The standard InChI is InChI=1S/C31H47N5O8/c1-20-12-22(28(41)24(14-20)30(43)33-26(39)18-37)16-35-8-3-6-32-7-4-9-36(11-5-10-35)17-23-13-21(2)15-25(29(23)42)31(44)34-27(40)19-38/h12-15,26-27,32,37-42H,3-11,16-19H2,1-2H3,(H,33,43)(H,34,44). The number of aromatic hydroxyl groups is 2. The number of phenolic OH excluding ortho intramolecular Hbond substituents is 2. The molecule has 0 saturated carbocycles. The zero-order valence-electron chi connectivity index (χ0n) is 25.6. The lowest BCUT2D eigenvalue weighted by molar-refractivity contribution is 0.0540. The number of rotatable bonds is 10. The number of hydrogen-bond donors (Lipinski definition) is 9. The molecule has 0 aliphatic carbocycles. The van der Waals surface area contributed by atoms with Crippen LogP contribution in [-0.4, -0.2) is 117 Å². The van der Waals surface area contributed by atoms with E-state index in [4.69, 9.17) is 10.2 Å². The van der Waals surface area contributed by atoms with Gasteiger partial charge < -0.3 is 46.6 Å². The summed E-state index contributed by atoms with van der Waals surface area (Å²) in [6.07, 6.45) is -0.265. The van der Waals surface area contributed by atoms with E-state index in [-0.39, 0.29) is 22.6 Å². The highest BCUT2D eigenvalue weighted by Gasteiger charge is 2.21. The Labute approximate surface area is 258 Å². The lowest BCUT2D eigenvalue weighted by Crippen LogP contribution is -2.37. The van der Waals surface area contributed by atoms with Gasteiger partial charge in [0.1, 0.15) is 24.0 Å². The van der Waals surface area contributed by atoms with Crippen molar-refractivity contribution in [3.63, 3.8) is 0 Å².